The molecule has 0 radical (unpaired) electrons. The summed E-state index contributed by atoms with van der Waals surface area (Å²) >= 11 is 3.43. The molecule has 1 aromatic heterocycles. The topological polar surface area (TPSA) is 44.1 Å². The molecule has 0 saturated carbocycles. The number of aromatic nitrogens is 2. The molecule has 1 heterocycles. The van der Waals surface area contributed by atoms with Gasteiger partial charge in [-0.05, 0) is 35.9 Å². The molecule has 106 valence electrons. The van der Waals surface area contributed by atoms with E-state index in [-0.39, 0.29) is 5.97 Å². The molecule has 0 N–H and O–H groups in total. The lowest BCUT2D eigenvalue weighted by Crippen LogP contribution is -2.02. The largest absolute Gasteiger partial charge is 0.465 e. The molecule has 0 aliphatic rings. The van der Waals surface area contributed by atoms with E-state index in [2.05, 4.69) is 33.2 Å². The molecule has 2 aromatic carbocycles. The highest BCUT2D eigenvalue weighted by Gasteiger charge is 2.09. The number of esters is 1. The van der Waals surface area contributed by atoms with Crippen LogP contribution in [0.3, 0.4) is 0 Å². The molecule has 3 aromatic rings. The number of nitrogens with zero attached hydrogens (tertiary/aromatic N) is 2. The van der Waals surface area contributed by atoms with Gasteiger partial charge in [-0.15, -0.1) is 0 Å². The maximum atomic E-state index is 11.5. The second-order valence-corrected chi connectivity index (χ2v) is 5.61. The lowest BCUT2D eigenvalue weighted by atomic mass is 10.1. The zero-order chi connectivity index (χ0) is 14.8. The molecule has 5 heteroatoms. The summed E-state index contributed by atoms with van der Waals surface area (Å²) in [6, 6.07) is 13.6. The van der Waals surface area contributed by atoms with Gasteiger partial charge >= 0.3 is 5.97 Å². The molecule has 0 atom stereocenters. The van der Waals surface area contributed by atoms with Crippen molar-refractivity contribution >= 4 is 32.8 Å². The van der Waals surface area contributed by atoms with Crippen LogP contribution in [-0.2, 0) is 11.3 Å². The van der Waals surface area contributed by atoms with Gasteiger partial charge in [0.2, 0.25) is 0 Å². The van der Waals surface area contributed by atoms with Gasteiger partial charge in [-0.1, -0.05) is 28.1 Å². The number of halogens is 1. The van der Waals surface area contributed by atoms with Crippen LogP contribution in [0.2, 0.25) is 0 Å². The van der Waals surface area contributed by atoms with Gasteiger partial charge < -0.3 is 4.74 Å². The van der Waals surface area contributed by atoms with Crippen LogP contribution < -0.4 is 0 Å². The number of hydrogen-bond donors (Lipinski definition) is 0. The Hall–Kier alpha value is -2.14. The first kappa shape index (κ1) is 13.8. The van der Waals surface area contributed by atoms with Gasteiger partial charge in [-0.3, -0.25) is 4.68 Å². The molecule has 3 rings (SSSR count). The monoisotopic (exact) mass is 344 g/mol. The quantitative estimate of drug-likeness (QED) is 0.681. The van der Waals surface area contributed by atoms with Crippen LogP contribution in [0.1, 0.15) is 15.9 Å². The highest BCUT2D eigenvalue weighted by molar-refractivity contribution is 9.10. The Morgan fingerprint density at radius 3 is 2.71 bits per heavy atom. The first-order chi connectivity index (χ1) is 10.2. The first-order valence-electron chi connectivity index (χ1n) is 6.46. The van der Waals surface area contributed by atoms with E-state index in [9.17, 15) is 4.79 Å². The zero-order valence-corrected chi connectivity index (χ0v) is 13.0. The number of rotatable bonds is 3. The zero-order valence-electron chi connectivity index (χ0n) is 11.4. The summed E-state index contributed by atoms with van der Waals surface area (Å²) in [6.07, 6.45) is 1.76. The van der Waals surface area contributed by atoms with E-state index in [4.69, 9.17) is 4.74 Å². The van der Waals surface area contributed by atoms with E-state index in [1.54, 1.807) is 18.3 Å². The van der Waals surface area contributed by atoms with E-state index < -0.39 is 0 Å². The summed E-state index contributed by atoms with van der Waals surface area (Å²) in [5.74, 6) is -0.336. The SMILES string of the molecule is COC(=O)c1ccc2c(cnn2Cc2ccc(Br)cc2)c1. The number of hydrogen-bond acceptors (Lipinski definition) is 3. The average molecular weight is 345 g/mol. The Morgan fingerprint density at radius 2 is 2.00 bits per heavy atom. The third-order valence-corrected chi connectivity index (χ3v) is 3.84. The highest BCUT2D eigenvalue weighted by atomic mass is 79.9. The Balaban J connectivity index is 1.93. The summed E-state index contributed by atoms with van der Waals surface area (Å²) in [7, 11) is 1.38. The Bertz CT molecular complexity index is 794. The first-order valence-corrected chi connectivity index (χ1v) is 7.25. The van der Waals surface area contributed by atoms with Crippen LogP contribution in [0.25, 0.3) is 10.9 Å². The van der Waals surface area contributed by atoms with Gasteiger partial charge in [0.25, 0.3) is 0 Å². The highest BCUT2D eigenvalue weighted by Crippen LogP contribution is 2.18. The number of carbonyl (C=O) groups is 1. The minimum absolute atomic E-state index is 0.336. The van der Waals surface area contributed by atoms with E-state index in [1.807, 2.05) is 22.9 Å². The second-order valence-electron chi connectivity index (χ2n) is 4.69. The molecular weight excluding hydrogens is 332 g/mol. The van der Waals surface area contributed by atoms with Crippen molar-refractivity contribution in [3.05, 3.63) is 64.3 Å². The molecular formula is C16H13BrN2O2. The number of benzene rings is 2. The van der Waals surface area contributed by atoms with Crippen LogP contribution in [0, 0.1) is 0 Å². The fourth-order valence-corrected chi connectivity index (χ4v) is 2.48. The molecule has 0 unspecified atom stereocenters. The van der Waals surface area contributed by atoms with Crippen molar-refractivity contribution in [3.8, 4) is 0 Å². The third kappa shape index (κ3) is 2.83. The number of fused-ring (bicyclic) bond motifs is 1. The standard InChI is InChI=1S/C16H13BrN2O2/c1-21-16(20)12-4-7-15-13(8-12)9-18-19(15)10-11-2-5-14(17)6-3-11/h2-9H,10H2,1H3. The van der Waals surface area contributed by atoms with E-state index >= 15 is 0 Å². The summed E-state index contributed by atoms with van der Waals surface area (Å²) in [5, 5.41) is 5.32. The molecule has 0 aliphatic heterocycles. The van der Waals surface area contributed by atoms with E-state index in [0.29, 0.717) is 12.1 Å². The second kappa shape index (κ2) is 5.69. The number of ether oxygens (including phenoxy) is 1. The maximum Gasteiger partial charge on any atom is 0.337 e. The fourth-order valence-electron chi connectivity index (χ4n) is 2.22. The summed E-state index contributed by atoms with van der Waals surface area (Å²) in [5.41, 5.74) is 2.69. The predicted octanol–water partition coefficient (Wildman–Crippen LogP) is 3.63. The molecule has 0 fully saturated rings. The summed E-state index contributed by atoms with van der Waals surface area (Å²) in [6.45, 7) is 0.689. The predicted molar refractivity (Wildman–Crippen MR) is 84.3 cm³/mol. The lowest BCUT2D eigenvalue weighted by molar-refractivity contribution is 0.0601. The smallest absolute Gasteiger partial charge is 0.337 e. The van der Waals surface area contributed by atoms with Crippen molar-refractivity contribution in [1.29, 1.82) is 0 Å². The van der Waals surface area contributed by atoms with Crippen molar-refractivity contribution < 1.29 is 9.53 Å². The van der Waals surface area contributed by atoms with Crippen molar-refractivity contribution in [2.45, 2.75) is 6.54 Å². The Kier molecular flexibility index (Phi) is 3.75. The average Bonchev–Trinajstić information content (AvgIpc) is 2.91. The van der Waals surface area contributed by atoms with E-state index in [0.717, 1.165) is 15.4 Å². The van der Waals surface area contributed by atoms with Crippen molar-refractivity contribution in [3.63, 3.8) is 0 Å². The number of carbonyl (C=O) groups excluding carboxylic acids is 1. The van der Waals surface area contributed by atoms with Crippen molar-refractivity contribution in [1.82, 2.24) is 9.78 Å². The molecule has 0 saturated heterocycles. The molecule has 0 amide bonds. The lowest BCUT2D eigenvalue weighted by Gasteiger charge is -2.05. The van der Waals surface area contributed by atoms with Gasteiger partial charge in [0.1, 0.15) is 0 Å². The maximum absolute atomic E-state index is 11.5. The fraction of sp³-hybridized carbons (Fsp3) is 0.125. The minimum Gasteiger partial charge on any atom is -0.465 e. The third-order valence-electron chi connectivity index (χ3n) is 3.31. The van der Waals surface area contributed by atoms with E-state index in [1.165, 1.54) is 12.7 Å². The van der Waals surface area contributed by atoms with Crippen molar-refractivity contribution in [2.24, 2.45) is 0 Å². The van der Waals surface area contributed by atoms with Crippen molar-refractivity contribution in [2.75, 3.05) is 7.11 Å². The molecule has 21 heavy (non-hydrogen) atoms. The summed E-state index contributed by atoms with van der Waals surface area (Å²) < 4.78 is 7.70. The van der Waals surface area contributed by atoms with Crippen LogP contribution in [-0.4, -0.2) is 22.9 Å². The number of methoxy groups -OCH3 is 1. The Labute approximate surface area is 130 Å². The molecule has 0 bridgehead atoms. The van der Waals surface area contributed by atoms with Gasteiger partial charge in [0.15, 0.2) is 0 Å². The van der Waals surface area contributed by atoms with Crippen LogP contribution in [0.15, 0.2) is 53.1 Å². The molecule has 0 aliphatic carbocycles. The summed E-state index contributed by atoms with van der Waals surface area (Å²) in [4.78, 5) is 11.5. The molecule has 0 spiro atoms. The Morgan fingerprint density at radius 1 is 1.24 bits per heavy atom. The molecule has 4 nitrogen and oxygen atoms in total. The van der Waals surface area contributed by atoms with Crippen LogP contribution >= 0.6 is 15.9 Å². The van der Waals surface area contributed by atoms with Gasteiger partial charge in [0, 0.05) is 9.86 Å². The van der Waals surface area contributed by atoms with Crippen LogP contribution in [0.4, 0.5) is 0 Å². The van der Waals surface area contributed by atoms with Gasteiger partial charge in [0.05, 0.1) is 30.9 Å². The normalized spacial score (nSPS) is 10.8. The minimum atomic E-state index is -0.336. The van der Waals surface area contributed by atoms with Gasteiger partial charge in [-0.2, -0.15) is 5.10 Å². The van der Waals surface area contributed by atoms with Gasteiger partial charge in [-0.25, -0.2) is 4.79 Å². The van der Waals surface area contributed by atoms with Crippen LogP contribution in [0.5, 0.6) is 0 Å².